The number of amides is 1. The van der Waals surface area contributed by atoms with Crippen LogP contribution in [0.5, 0.6) is 0 Å². The van der Waals surface area contributed by atoms with Crippen LogP contribution in [0.15, 0.2) is 29.8 Å². The number of rotatable bonds is 1. The highest BCUT2D eigenvalue weighted by atomic mass is 35.5. The average Bonchev–Trinajstić information content (AvgIpc) is 2.60. The average molecular weight is 344 g/mol. The molecule has 0 aromatic heterocycles. The van der Waals surface area contributed by atoms with Crippen molar-refractivity contribution in [3.63, 3.8) is 0 Å². The van der Waals surface area contributed by atoms with Gasteiger partial charge in [0.05, 0.1) is 11.1 Å². The van der Waals surface area contributed by atoms with E-state index in [0.717, 1.165) is 0 Å². The number of benzene rings is 1. The van der Waals surface area contributed by atoms with Crippen LogP contribution >= 0.6 is 11.6 Å². The van der Waals surface area contributed by atoms with Crippen molar-refractivity contribution in [2.24, 2.45) is 0 Å². The van der Waals surface area contributed by atoms with Gasteiger partial charge in [-0.05, 0) is 31.2 Å². The number of anilines is 1. The molecule has 1 heterocycles. The fourth-order valence-corrected chi connectivity index (χ4v) is 2.38. The van der Waals surface area contributed by atoms with Gasteiger partial charge in [0.25, 0.3) is 5.91 Å². The maximum atomic E-state index is 12.8. The van der Waals surface area contributed by atoms with Crippen molar-refractivity contribution in [2.45, 2.75) is 24.8 Å². The van der Waals surface area contributed by atoms with Crippen molar-refractivity contribution < 1.29 is 31.1 Å². The van der Waals surface area contributed by atoms with Crippen LogP contribution in [0.4, 0.5) is 32.0 Å². The highest BCUT2D eigenvalue weighted by molar-refractivity contribution is 6.29. The number of carbonyl (C=O) groups is 1. The van der Waals surface area contributed by atoms with E-state index in [0.29, 0.717) is 17.0 Å². The quantitative estimate of drug-likeness (QED) is 0.415. The molecule has 1 aromatic rings. The minimum absolute atomic E-state index is 0.00638. The first-order valence-electron chi connectivity index (χ1n) is 5.87. The topological polar surface area (TPSA) is 20.3 Å². The Kier molecular flexibility index (Phi) is 3.93. The van der Waals surface area contributed by atoms with Crippen LogP contribution in [-0.4, -0.2) is 11.4 Å². The minimum atomic E-state index is -4.98. The second kappa shape index (κ2) is 5.19. The van der Waals surface area contributed by atoms with Gasteiger partial charge in [-0.25, -0.2) is 0 Å². The summed E-state index contributed by atoms with van der Waals surface area (Å²) in [7, 11) is 0. The molecule has 0 spiro atoms. The monoisotopic (exact) mass is 343 g/mol. The minimum Gasteiger partial charge on any atom is -0.288 e. The smallest absolute Gasteiger partial charge is 0.288 e. The van der Waals surface area contributed by atoms with Gasteiger partial charge in [-0.2, -0.15) is 26.3 Å². The lowest BCUT2D eigenvalue weighted by atomic mass is 10.1. The summed E-state index contributed by atoms with van der Waals surface area (Å²) >= 11 is 5.80. The van der Waals surface area contributed by atoms with Gasteiger partial charge in [-0.15, -0.1) is 0 Å². The van der Waals surface area contributed by atoms with Crippen LogP contribution in [0.1, 0.15) is 18.1 Å². The van der Waals surface area contributed by atoms with Gasteiger partial charge in [0, 0.05) is 11.3 Å². The molecule has 22 heavy (non-hydrogen) atoms. The Morgan fingerprint density at radius 2 is 1.45 bits per heavy atom. The third-order valence-corrected chi connectivity index (χ3v) is 3.36. The van der Waals surface area contributed by atoms with Gasteiger partial charge in [0.1, 0.15) is 5.50 Å². The van der Waals surface area contributed by atoms with E-state index in [-0.39, 0.29) is 11.6 Å². The molecule has 120 valence electrons. The summed E-state index contributed by atoms with van der Waals surface area (Å²) in [4.78, 5) is 12.5. The molecule has 2 rings (SSSR count). The summed E-state index contributed by atoms with van der Waals surface area (Å²) in [5, 5.41) is 0. The normalized spacial score (nSPS) is 19.6. The molecule has 2 nitrogen and oxygen atoms in total. The molecule has 1 amide bonds. The Bertz CT molecular complexity index is 617. The molecule has 0 aliphatic carbocycles. The first-order chi connectivity index (χ1) is 9.91. The van der Waals surface area contributed by atoms with Crippen molar-refractivity contribution in [1.29, 1.82) is 0 Å². The Balaban J connectivity index is 2.60. The van der Waals surface area contributed by atoms with Crippen LogP contribution in [0.25, 0.3) is 0 Å². The number of carbonyl (C=O) groups excluding carboxylic acids is 1. The Morgan fingerprint density at radius 3 is 1.77 bits per heavy atom. The lowest BCUT2D eigenvalue weighted by Crippen LogP contribution is -2.31. The van der Waals surface area contributed by atoms with Crippen molar-refractivity contribution >= 4 is 23.2 Å². The summed E-state index contributed by atoms with van der Waals surface area (Å²) in [5.41, 5.74) is -4.56. The molecule has 0 radical (unpaired) electrons. The molecular formula is C13H8ClF6NO. The predicted octanol–water partition coefficient (Wildman–Crippen LogP) is 4.58. The number of halogens is 7. The maximum absolute atomic E-state index is 12.8. The van der Waals surface area contributed by atoms with Crippen LogP contribution in [0, 0.1) is 0 Å². The third kappa shape index (κ3) is 3.06. The van der Waals surface area contributed by atoms with E-state index in [1.54, 1.807) is 0 Å². The van der Waals surface area contributed by atoms with E-state index in [1.807, 2.05) is 0 Å². The van der Waals surface area contributed by atoms with Gasteiger partial charge < -0.3 is 0 Å². The first kappa shape index (κ1) is 16.7. The summed E-state index contributed by atoms with van der Waals surface area (Å²) in [6.07, 6.45) is -8.72. The zero-order chi connectivity index (χ0) is 16.9. The van der Waals surface area contributed by atoms with Crippen LogP contribution in [0.3, 0.4) is 0 Å². The molecule has 0 bridgehead atoms. The highest BCUT2D eigenvalue weighted by Crippen LogP contribution is 2.40. The molecule has 9 heteroatoms. The lowest BCUT2D eigenvalue weighted by molar-refractivity contribution is -0.143. The molecule has 0 fully saturated rings. The maximum Gasteiger partial charge on any atom is 0.416 e. The van der Waals surface area contributed by atoms with Crippen molar-refractivity contribution in [3.05, 3.63) is 41.0 Å². The molecule has 1 atom stereocenters. The van der Waals surface area contributed by atoms with Gasteiger partial charge in [0.2, 0.25) is 0 Å². The number of hydrogen-bond donors (Lipinski definition) is 0. The van der Waals surface area contributed by atoms with E-state index in [4.69, 9.17) is 11.6 Å². The van der Waals surface area contributed by atoms with Crippen molar-refractivity contribution in [2.75, 3.05) is 4.90 Å². The summed E-state index contributed by atoms with van der Waals surface area (Å²) in [6.45, 7) is 1.37. The summed E-state index contributed by atoms with van der Waals surface area (Å²) in [5.74, 6) is -0.743. The third-order valence-electron chi connectivity index (χ3n) is 3.04. The summed E-state index contributed by atoms with van der Waals surface area (Å²) < 4.78 is 76.7. The standard InChI is InChI=1S/C13H8ClF6NO/c1-6-2-10(14)21(11(6)22)9-4-7(12(15,16)17)3-8(5-9)13(18,19)20/h2-5,10H,1H3. The molecule has 1 unspecified atom stereocenters. The van der Waals surface area contributed by atoms with E-state index in [9.17, 15) is 31.1 Å². The summed E-state index contributed by atoms with van der Waals surface area (Å²) in [6, 6.07) is 0.928. The van der Waals surface area contributed by atoms with Gasteiger partial charge >= 0.3 is 12.4 Å². The molecule has 1 aliphatic heterocycles. The van der Waals surface area contributed by atoms with E-state index in [2.05, 4.69) is 0 Å². The second-order valence-electron chi connectivity index (χ2n) is 4.66. The van der Waals surface area contributed by atoms with Crippen LogP contribution in [0.2, 0.25) is 0 Å². The van der Waals surface area contributed by atoms with E-state index >= 15 is 0 Å². The van der Waals surface area contributed by atoms with Gasteiger partial charge in [-0.3, -0.25) is 9.69 Å². The molecule has 1 aliphatic rings. The number of nitrogens with zero attached hydrogens (tertiary/aromatic N) is 1. The highest BCUT2D eigenvalue weighted by Gasteiger charge is 2.39. The van der Waals surface area contributed by atoms with Gasteiger partial charge in [0.15, 0.2) is 0 Å². The lowest BCUT2D eigenvalue weighted by Gasteiger charge is -2.23. The molecule has 0 saturated carbocycles. The Hall–Kier alpha value is -1.70. The van der Waals surface area contributed by atoms with Gasteiger partial charge in [-0.1, -0.05) is 11.6 Å². The molecule has 1 aromatic carbocycles. The number of alkyl halides is 7. The first-order valence-corrected chi connectivity index (χ1v) is 6.30. The largest absolute Gasteiger partial charge is 0.416 e. The molecule has 0 saturated heterocycles. The predicted molar refractivity (Wildman–Crippen MR) is 67.3 cm³/mol. The van der Waals surface area contributed by atoms with Crippen molar-refractivity contribution in [3.8, 4) is 0 Å². The van der Waals surface area contributed by atoms with E-state index < -0.39 is 40.6 Å². The van der Waals surface area contributed by atoms with Crippen molar-refractivity contribution in [1.82, 2.24) is 0 Å². The number of hydrogen-bond acceptors (Lipinski definition) is 1. The second-order valence-corrected chi connectivity index (χ2v) is 5.11. The molecular weight excluding hydrogens is 336 g/mol. The zero-order valence-electron chi connectivity index (χ0n) is 10.9. The zero-order valence-corrected chi connectivity index (χ0v) is 11.6. The fourth-order valence-electron chi connectivity index (χ4n) is 1.99. The molecule has 0 N–H and O–H groups in total. The van der Waals surface area contributed by atoms with Crippen LogP contribution in [-0.2, 0) is 17.1 Å². The SMILES string of the molecule is CC1=CC(Cl)N(c2cc(C(F)(F)F)cc(C(F)(F)F)c2)C1=O. The fraction of sp³-hybridized carbons (Fsp3) is 0.308. The van der Waals surface area contributed by atoms with Crippen LogP contribution < -0.4 is 4.90 Å². The Morgan fingerprint density at radius 1 is 1.00 bits per heavy atom. The Labute approximate surface area is 126 Å². The van der Waals surface area contributed by atoms with E-state index in [1.165, 1.54) is 13.0 Å².